The Morgan fingerprint density at radius 3 is 2.68 bits per heavy atom. The molecule has 2 N–H and O–H groups in total. The maximum absolute atomic E-state index is 12.7. The van der Waals surface area contributed by atoms with Gasteiger partial charge in [0, 0.05) is 13.1 Å². The van der Waals surface area contributed by atoms with Gasteiger partial charge in [-0.1, -0.05) is 30.3 Å². The Kier molecular flexibility index (Phi) is 4.76. The van der Waals surface area contributed by atoms with E-state index in [1.165, 1.54) is 0 Å². The zero-order chi connectivity index (χ0) is 15.5. The minimum Gasteiger partial charge on any atom is -0.367 e. The van der Waals surface area contributed by atoms with Crippen molar-refractivity contribution in [3.8, 4) is 0 Å². The number of amides is 1. The number of ether oxygens (including phenoxy) is 2. The van der Waals surface area contributed by atoms with Crippen LogP contribution in [0, 0.1) is 0 Å². The number of carbonyl (C=O) groups excluding carboxylic acids is 1. The molecule has 0 bridgehead atoms. The first-order valence-electron chi connectivity index (χ1n) is 8.02. The molecule has 3 rings (SSSR count). The molecule has 5 nitrogen and oxygen atoms in total. The zero-order valence-corrected chi connectivity index (χ0v) is 13.0. The average Bonchev–Trinajstić information content (AvgIpc) is 3.03. The van der Waals surface area contributed by atoms with Gasteiger partial charge in [0.25, 0.3) is 5.91 Å². The quantitative estimate of drug-likeness (QED) is 0.918. The molecule has 1 aromatic carbocycles. The van der Waals surface area contributed by atoms with Crippen molar-refractivity contribution in [1.82, 2.24) is 4.90 Å². The minimum atomic E-state index is -0.338. The van der Waals surface area contributed by atoms with Gasteiger partial charge >= 0.3 is 0 Å². The van der Waals surface area contributed by atoms with Gasteiger partial charge < -0.3 is 20.1 Å². The summed E-state index contributed by atoms with van der Waals surface area (Å²) in [6, 6.07) is 10.1. The van der Waals surface area contributed by atoms with E-state index in [0.717, 1.165) is 18.4 Å². The highest BCUT2D eigenvalue weighted by molar-refractivity contribution is 5.81. The van der Waals surface area contributed by atoms with E-state index < -0.39 is 0 Å². The Morgan fingerprint density at radius 1 is 1.23 bits per heavy atom. The fraction of sp³-hybridized carbons (Fsp3) is 0.588. The summed E-state index contributed by atoms with van der Waals surface area (Å²) in [5, 5.41) is 0. The van der Waals surface area contributed by atoms with Crippen LogP contribution in [0.3, 0.4) is 0 Å². The lowest BCUT2D eigenvalue weighted by Crippen LogP contribution is -2.49. The normalized spacial score (nSPS) is 32.2. The molecule has 120 valence electrons. The Morgan fingerprint density at radius 2 is 2.00 bits per heavy atom. The largest absolute Gasteiger partial charge is 0.367 e. The summed E-state index contributed by atoms with van der Waals surface area (Å²) in [6.07, 6.45) is 1.28. The van der Waals surface area contributed by atoms with E-state index in [1.54, 1.807) is 0 Å². The van der Waals surface area contributed by atoms with Gasteiger partial charge in [-0.3, -0.25) is 4.79 Å². The number of nitrogens with two attached hydrogens (primary N) is 1. The van der Waals surface area contributed by atoms with Crippen molar-refractivity contribution >= 4 is 5.91 Å². The van der Waals surface area contributed by atoms with E-state index in [4.69, 9.17) is 15.2 Å². The van der Waals surface area contributed by atoms with Crippen LogP contribution in [0.2, 0.25) is 0 Å². The summed E-state index contributed by atoms with van der Waals surface area (Å²) < 4.78 is 11.7. The summed E-state index contributed by atoms with van der Waals surface area (Å²) in [6.45, 7) is 3.69. The number of hydrogen-bond donors (Lipinski definition) is 1. The third-order valence-electron chi connectivity index (χ3n) is 4.39. The molecule has 2 unspecified atom stereocenters. The van der Waals surface area contributed by atoms with E-state index in [1.807, 2.05) is 42.2 Å². The van der Waals surface area contributed by atoms with Crippen LogP contribution in [0.1, 0.15) is 31.4 Å². The molecule has 1 amide bonds. The van der Waals surface area contributed by atoms with Crippen molar-refractivity contribution in [2.24, 2.45) is 5.73 Å². The van der Waals surface area contributed by atoms with Crippen LogP contribution < -0.4 is 5.73 Å². The van der Waals surface area contributed by atoms with Crippen LogP contribution in [0.15, 0.2) is 30.3 Å². The first-order chi connectivity index (χ1) is 10.7. The van der Waals surface area contributed by atoms with E-state index in [9.17, 15) is 4.79 Å². The first kappa shape index (κ1) is 15.5. The maximum Gasteiger partial charge on any atom is 0.251 e. The standard InChI is InChI=1S/C17H24N2O3/c1-12-10-19(17(20)15-8-7-14(9-18)22-15)11-16(21-12)13-5-3-2-4-6-13/h2-6,12,14-16H,7-11,18H2,1H3/t12?,14-,15+,16?/m1/s1. The van der Waals surface area contributed by atoms with Gasteiger partial charge in [-0.2, -0.15) is 0 Å². The smallest absolute Gasteiger partial charge is 0.251 e. The van der Waals surface area contributed by atoms with E-state index in [-0.39, 0.29) is 30.3 Å². The number of hydrogen-bond acceptors (Lipinski definition) is 4. The molecule has 1 aromatic rings. The van der Waals surface area contributed by atoms with Crippen LogP contribution >= 0.6 is 0 Å². The molecule has 0 aliphatic carbocycles. The van der Waals surface area contributed by atoms with Crippen molar-refractivity contribution in [3.63, 3.8) is 0 Å². The van der Waals surface area contributed by atoms with E-state index >= 15 is 0 Å². The summed E-state index contributed by atoms with van der Waals surface area (Å²) in [7, 11) is 0. The molecule has 2 heterocycles. The topological polar surface area (TPSA) is 64.8 Å². The molecule has 2 aliphatic rings. The summed E-state index contributed by atoms with van der Waals surface area (Å²) in [5.74, 6) is 0.0760. The van der Waals surface area contributed by atoms with Gasteiger partial charge in [-0.05, 0) is 25.3 Å². The second kappa shape index (κ2) is 6.77. The molecule has 2 aliphatic heterocycles. The van der Waals surface area contributed by atoms with E-state index in [0.29, 0.717) is 19.6 Å². The van der Waals surface area contributed by atoms with Gasteiger partial charge in [0.2, 0.25) is 0 Å². The number of carbonyl (C=O) groups is 1. The van der Waals surface area contributed by atoms with Crippen molar-refractivity contribution in [3.05, 3.63) is 35.9 Å². The van der Waals surface area contributed by atoms with Crippen molar-refractivity contribution < 1.29 is 14.3 Å². The fourth-order valence-electron chi connectivity index (χ4n) is 3.25. The predicted molar refractivity (Wildman–Crippen MR) is 83.3 cm³/mol. The molecule has 2 saturated heterocycles. The van der Waals surface area contributed by atoms with Crippen LogP contribution in [-0.2, 0) is 14.3 Å². The highest BCUT2D eigenvalue weighted by atomic mass is 16.5. The predicted octanol–water partition coefficient (Wildman–Crippen LogP) is 1.48. The van der Waals surface area contributed by atoms with E-state index in [2.05, 4.69) is 0 Å². The summed E-state index contributed by atoms with van der Waals surface area (Å²) in [4.78, 5) is 14.6. The Labute approximate surface area is 131 Å². The lowest BCUT2D eigenvalue weighted by Gasteiger charge is -2.38. The second-order valence-electron chi connectivity index (χ2n) is 6.15. The van der Waals surface area contributed by atoms with Gasteiger partial charge in [-0.25, -0.2) is 0 Å². The molecule has 4 atom stereocenters. The van der Waals surface area contributed by atoms with Crippen LogP contribution in [0.5, 0.6) is 0 Å². The highest BCUT2D eigenvalue weighted by Crippen LogP contribution is 2.27. The molecule has 0 aromatic heterocycles. The van der Waals surface area contributed by atoms with Gasteiger partial charge in [0.1, 0.15) is 12.2 Å². The molecule has 5 heteroatoms. The van der Waals surface area contributed by atoms with Crippen LogP contribution in [0.4, 0.5) is 0 Å². The lowest BCUT2D eigenvalue weighted by molar-refractivity contribution is -0.155. The van der Waals surface area contributed by atoms with Gasteiger partial charge in [0.15, 0.2) is 0 Å². The Balaban J connectivity index is 1.67. The third-order valence-corrected chi connectivity index (χ3v) is 4.39. The molecule has 0 spiro atoms. The van der Waals surface area contributed by atoms with Gasteiger partial charge in [-0.15, -0.1) is 0 Å². The third kappa shape index (κ3) is 3.32. The lowest BCUT2D eigenvalue weighted by atomic mass is 10.1. The first-order valence-corrected chi connectivity index (χ1v) is 8.02. The molecular weight excluding hydrogens is 280 g/mol. The SMILES string of the molecule is CC1CN(C(=O)[C@@H]2CC[C@H](CN)O2)CC(c2ccccc2)O1. The summed E-state index contributed by atoms with van der Waals surface area (Å²) in [5.41, 5.74) is 6.74. The highest BCUT2D eigenvalue weighted by Gasteiger charge is 2.36. The Hall–Kier alpha value is -1.43. The number of nitrogens with zero attached hydrogens (tertiary/aromatic N) is 1. The number of rotatable bonds is 3. The second-order valence-corrected chi connectivity index (χ2v) is 6.15. The van der Waals surface area contributed by atoms with Crippen molar-refractivity contribution in [2.75, 3.05) is 19.6 Å². The fourth-order valence-corrected chi connectivity index (χ4v) is 3.25. The van der Waals surface area contributed by atoms with Crippen LogP contribution in [-0.4, -0.2) is 48.8 Å². The number of benzene rings is 1. The van der Waals surface area contributed by atoms with Gasteiger partial charge in [0.05, 0.1) is 18.8 Å². The average molecular weight is 304 g/mol. The summed E-state index contributed by atoms with van der Waals surface area (Å²) >= 11 is 0. The van der Waals surface area contributed by atoms with Crippen molar-refractivity contribution in [1.29, 1.82) is 0 Å². The minimum absolute atomic E-state index is 0.0228. The molecular formula is C17H24N2O3. The maximum atomic E-state index is 12.7. The monoisotopic (exact) mass is 304 g/mol. The number of morpholine rings is 1. The van der Waals surface area contributed by atoms with Crippen LogP contribution in [0.25, 0.3) is 0 Å². The molecule has 22 heavy (non-hydrogen) atoms. The zero-order valence-electron chi connectivity index (χ0n) is 13.0. The molecule has 0 saturated carbocycles. The van der Waals surface area contributed by atoms with Crippen molar-refractivity contribution in [2.45, 2.75) is 44.2 Å². The molecule has 2 fully saturated rings. The molecule has 0 radical (unpaired) electrons. The Bertz CT molecular complexity index is 508.